The summed E-state index contributed by atoms with van der Waals surface area (Å²) in [5.41, 5.74) is 23.0. The number of benzene rings is 6. The van der Waals surface area contributed by atoms with Gasteiger partial charge in [-0.25, -0.2) is 0 Å². The van der Waals surface area contributed by atoms with Gasteiger partial charge in [0, 0.05) is 0 Å². The maximum absolute atomic E-state index is 2.90. The summed E-state index contributed by atoms with van der Waals surface area (Å²) in [6.45, 7) is 5.73. The summed E-state index contributed by atoms with van der Waals surface area (Å²) in [5, 5.41) is 0. The maximum atomic E-state index is 2.90. The van der Waals surface area contributed by atoms with E-state index in [1.54, 1.807) is 22.3 Å². The van der Waals surface area contributed by atoms with Crippen molar-refractivity contribution in [2.75, 3.05) is 0 Å². The molecule has 0 nitrogen and oxygen atoms in total. The van der Waals surface area contributed by atoms with Crippen LogP contribution < -0.4 is 0 Å². The molecule has 2 unspecified atom stereocenters. The molecule has 2 heteroatoms. The predicted octanol–water partition coefficient (Wildman–Crippen LogP) is 17.7. The second kappa shape index (κ2) is 16.8. The van der Waals surface area contributed by atoms with Gasteiger partial charge in [0.05, 0.1) is 0 Å². The van der Waals surface area contributed by atoms with Gasteiger partial charge in [-0.2, -0.15) is 0 Å². The quantitative estimate of drug-likeness (QED) is 0.114. The topological polar surface area (TPSA) is 0 Å². The Bertz CT molecular complexity index is 2670. The van der Waals surface area contributed by atoms with Crippen LogP contribution in [-0.4, -0.2) is 5.92 Å². The Labute approximate surface area is 416 Å². The Morgan fingerprint density at radius 1 is 0.382 bits per heavy atom. The van der Waals surface area contributed by atoms with Crippen LogP contribution in [-0.2, 0) is 20.9 Å². The molecule has 0 N–H and O–H groups in total. The van der Waals surface area contributed by atoms with E-state index in [0.29, 0.717) is 18.1 Å². The first kappa shape index (κ1) is 42.8. The summed E-state index contributed by atoms with van der Waals surface area (Å²) in [6.07, 6.45) is 26.5. The van der Waals surface area contributed by atoms with Crippen LogP contribution in [0.1, 0.15) is 119 Å². The molecular formula is C66H69SiZr. The van der Waals surface area contributed by atoms with Gasteiger partial charge in [0.15, 0.2) is 0 Å². The van der Waals surface area contributed by atoms with E-state index in [0.717, 1.165) is 35.5 Å². The van der Waals surface area contributed by atoms with Crippen LogP contribution >= 0.6 is 0 Å². The molecule has 8 bridgehead atoms. The molecule has 6 aromatic carbocycles. The molecule has 0 amide bonds. The molecule has 0 heterocycles. The van der Waals surface area contributed by atoms with Gasteiger partial charge in [0.1, 0.15) is 0 Å². The molecule has 8 saturated carbocycles. The number of rotatable bonds is 11. The van der Waals surface area contributed by atoms with E-state index >= 15 is 0 Å². The van der Waals surface area contributed by atoms with E-state index in [1.165, 1.54) is 134 Å². The molecule has 68 heavy (non-hydrogen) atoms. The number of allylic oxidation sites excluding steroid dienone is 2. The van der Waals surface area contributed by atoms with Gasteiger partial charge in [-0.1, -0.05) is 0 Å². The van der Waals surface area contributed by atoms with E-state index in [2.05, 4.69) is 171 Å². The normalized spacial score (nSPS) is 31.2. The van der Waals surface area contributed by atoms with Crippen LogP contribution in [0.4, 0.5) is 0 Å². The van der Waals surface area contributed by atoms with Crippen molar-refractivity contribution >= 4 is 18.1 Å². The fourth-order valence-corrected chi connectivity index (χ4v) is 41.0. The van der Waals surface area contributed by atoms with E-state index in [4.69, 9.17) is 0 Å². The SMILES string of the molecule is C[SiH](C)[Zr]([CH]1C(CC23CC4CC(CC(C4)C2)C3)=Cc2c(-c3ccccc3)ccc(-c3ccccc3)c21)[CH]1C(CC23CC4CC(CC(C4)C2)C3)=Cc2c(-c3ccccc3)ccc(-c3ccccc3)c21. The summed E-state index contributed by atoms with van der Waals surface area (Å²) in [4.78, 5) is 0. The van der Waals surface area contributed by atoms with Gasteiger partial charge in [-0.3, -0.25) is 0 Å². The Morgan fingerprint density at radius 2 is 0.662 bits per heavy atom. The molecule has 6 aromatic rings. The van der Waals surface area contributed by atoms with Gasteiger partial charge in [0.25, 0.3) is 0 Å². The van der Waals surface area contributed by atoms with Crippen LogP contribution in [0.15, 0.2) is 157 Å². The van der Waals surface area contributed by atoms with Crippen LogP contribution in [0.25, 0.3) is 56.7 Å². The first-order valence-corrected chi connectivity index (χ1v) is 37.2. The fourth-order valence-electron chi connectivity index (χ4n) is 18.4. The van der Waals surface area contributed by atoms with Crippen LogP contribution in [0, 0.1) is 46.3 Å². The molecule has 2 atom stereocenters. The molecule has 0 aliphatic heterocycles. The summed E-state index contributed by atoms with van der Waals surface area (Å²) in [7, 11) is 0. The third-order valence-electron chi connectivity index (χ3n) is 19.7. The standard InChI is InChI=1S/2C32H31.C2H7Si.Zr/c2*1-3-7-26(8-4-1)28-11-12-29(27-9-5-2-6-10-27)31-17-25(16-30(28)31)21-32-18-22-13-23(19-32)15-24(14-22)20-32;1-3-2;/h2*1-12,16-17,22-24H,13-15,18-21H2;3H,1-2H3;. The van der Waals surface area contributed by atoms with E-state index in [-0.39, 0.29) is 0 Å². The van der Waals surface area contributed by atoms with Gasteiger partial charge in [0.2, 0.25) is 0 Å². The fraction of sp³-hybridized carbons (Fsp3) is 0.394. The molecule has 0 aromatic heterocycles. The van der Waals surface area contributed by atoms with Crippen LogP contribution in [0.2, 0.25) is 13.1 Å². The summed E-state index contributed by atoms with van der Waals surface area (Å²) in [6, 6.07) is 56.7. The molecule has 10 aliphatic carbocycles. The minimum atomic E-state index is -2.72. The van der Waals surface area contributed by atoms with Crippen molar-refractivity contribution in [2.45, 2.75) is 110 Å². The molecule has 8 fully saturated rings. The third kappa shape index (κ3) is 7.25. The number of hydrogen-bond donors (Lipinski definition) is 0. The Balaban J connectivity index is 1.02. The van der Waals surface area contributed by atoms with Gasteiger partial charge in [-0.15, -0.1) is 0 Å². The predicted molar refractivity (Wildman–Crippen MR) is 285 cm³/mol. The molecule has 0 spiro atoms. The first-order chi connectivity index (χ1) is 33.3. The first-order valence-electron chi connectivity index (χ1n) is 27.2. The second-order valence-corrected chi connectivity index (χ2v) is 44.7. The van der Waals surface area contributed by atoms with E-state index in [9.17, 15) is 0 Å². The zero-order valence-corrected chi connectivity index (χ0v) is 44.2. The second-order valence-electron chi connectivity index (χ2n) is 24.6. The van der Waals surface area contributed by atoms with Gasteiger partial charge < -0.3 is 0 Å². The van der Waals surface area contributed by atoms with E-state index in [1.807, 2.05) is 11.1 Å². The molecule has 341 valence electrons. The van der Waals surface area contributed by atoms with Gasteiger partial charge in [-0.05, 0) is 0 Å². The zero-order chi connectivity index (χ0) is 45.1. The Hall–Kier alpha value is -4.10. The summed E-state index contributed by atoms with van der Waals surface area (Å²) in [5.74, 6) is 4.51. The van der Waals surface area contributed by atoms with Crippen molar-refractivity contribution in [1.82, 2.24) is 0 Å². The van der Waals surface area contributed by atoms with Crippen molar-refractivity contribution in [1.29, 1.82) is 0 Å². The number of hydrogen-bond acceptors (Lipinski definition) is 0. The number of fused-ring (bicyclic) bond motifs is 2. The monoisotopic (exact) mass is 979 g/mol. The molecule has 0 radical (unpaired) electrons. The Kier molecular flexibility index (Phi) is 10.5. The minimum absolute atomic E-state index is 0.481. The van der Waals surface area contributed by atoms with Crippen molar-refractivity contribution in [3.63, 3.8) is 0 Å². The average Bonchev–Trinajstić information content (AvgIpc) is 3.89. The molecule has 0 saturated heterocycles. The van der Waals surface area contributed by atoms with Crippen molar-refractivity contribution in [3.8, 4) is 44.5 Å². The van der Waals surface area contributed by atoms with Gasteiger partial charge >= 0.3 is 419 Å². The van der Waals surface area contributed by atoms with Crippen LogP contribution in [0.5, 0.6) is 0 Å². The Morgan fingerprint density at radius 3 is 0.956 bits per heavy atom. The molecule has 16 rings (SSSR count). The van der Waals surface area contributed by atoms with Crippen LogP contribution in [0.3, 0.4) is 0 Å². The van der Waals surface area contributed by atoms with Crippen molar-refractivity contribution < 1.29 is 20.9 Å². The van der Waals surface area contributed by atoms with E-state index < -0.39 is 26.8 Å². The van der Waals surface area contributed by atoms with Crippen molar-refractivity contribution in [2.24, 2.45) is 46.3 Å². The third-order valence-corrected chi connectivity index (χ3v) is 41.3. The molecule has 10 aliphatic rings. The zero-order valence-electron chi connectivity index (χ0n) is 40.6. The molecular weight excluding hydrogens is 912 g/mol. The summed E-state index contributed by atoms with van der Waals surface area (Å²) < 4.78 is 1.15. The van der Waals surface area contributed by atoms with Crippen molar-refractivity contribution in [3.05, 3.63) is 179 Å². The summed E-state index contributed by atoms with van der Waals surface area (Å²) >= 11 is -2.72. The average molecular weight is 982 g/mol.